The van der Waals surface area contributed by atoms with Gasteiger partial charge in [-0.05, 0) is 43.0 Å². The van der Waals surface area contributed by atoms with Gasteiger partial charge in [-0.25, -0.2) is 4.79 Å². The molecule has 0 bridgehead atoms. The first-order valence-corrected chi connectivity index (χ1v) is 9.11. The van der Waals surface area contributed by atoms with E-state index in [2.05, 4.69) is 22.3 Å². The Morgan fingerprint density at radius 1 is 1.07 bits per heavy atom. The van der Waals surface area contributed by atoms with Crippen molar-refractivity contribution in [1.82, 2.24) is 15.0 Å². The second-order valence-corrected chi connectivity index (χ2v) is 7.03. The van der Waals surface area contributed by atoms with E-state index in [-0.39, 0.29) is 5.69 Å². The average molecular weight is 362 g/mol. The van der Waals surface area contributed by atoms with Gasteiger partial charge < -0.3 is 10.0 Å². The van der Waals surface area contributed by atoms with Gasteiger partial charge in [-0.15, -0.1) is 15.0 Å². The molecule has 27 heavy (non-hydrogen) atoms. The van der Waals surface area contributed by atoms with Crippen LogP contribution in [0.5, 0.6) is 0 Å². The third-order valence-electron chi connectivity index (χ3n) is 5.35. The van der Waals surface area contributed by atoms with Gasteiger partial charge in [-0.3, -0.25) is 0 Å². The van der Waals surface area contributed by atoms with Crippen molar-refractivity contribution in [3.05, 3.63) is 70.9 Å². The fourth-order valence-corrected chi connectivity index (χ4v) is 3.66. The summed E-state index contributed by atoms with van der Waals surface area (Å²) in [6, 6.07) is 16.2. The highest BCUT2D eigenvalue weighted by molar-refractivity contribution is 5.91. The van der Waals surface area contributed by atoms with Crippen LogP contribution in [0.25, 0.3) is 5.69 Å². The van der Waals surface area contributed by atoms with Crippen molar-refractivity contribution in [2.75, 3.05) is 18.0 Å². The van der Waals surface area contributed by atoms with Crippen molar-refractivity contribution in [2.45, 2.75) is 26.2 Å². The van der Waals surface area contributed by atoms with Gasteiger partial charge in [0, 0.05) is 19.0 Å². The van der Waals surface area contributed by atoms with E-state index in [1.54, 1.807) is 0 Å². The van der Waals surface area contributed by atoms with Gasteiger partial charge in [-0.2, -0.15) is 0 Å². The second kappa shape index (κ2) is 6.87. The van der Waals surface area contributed by atoms with E-state index in [4.69, 9.17) is 0 Å². The van der Waals surface area contributed by atoms with Gasteiger partial charge in [0.2, 0.25) is 5.69 Å². The van der Waals surface area contributed by atoms with Crippen LogP contribution < -0.4 is 4.90 Å². The summed E-state index contributed by atoms with van der Waals surface area (Å²) < 4.78 is 0. The third-order valence-corrected chi connectivity index (χ3v) is 5.35. The van der Waals surface area contributed by atoms with Crippen LogP contribution in [-0.4, -0.2) is 39.2 Å². The van der Waals surface area contributed by atoms with E-state index in [1.807, 2.05) is 55.1 Å². The molecule has 3 aromatic rings. The summed E-state index contributed by atoms with van der Waals surface area (Å²) >= 11 is 0. The Bertz CT molecular complexity index is 981. The summed E-state index contributed by atoms with van der Waals surface area (Å²) in [5.74, 6) is -0.231. The maximum Gasteiger partial charge on any atom is 0.360 e. The Morgan fingerprint density at radius 2 is 1.85 bits per heavy atom. The largest absolute Gasteiger partial charge is 0.476 e. The summed E-state index contributed by atoms with van der Waals surface area (Å²) in [4.78, 5) is 15.3. The van der Waals surface area contributed by atoms with Gasteiger partial charge in [0.1, 0.15) is 0 Å². The van der Waals surface area contributed by atoms with Crippen LogP contribution in [0.4, 0.5) is 5.82 Å². The zero-order valence-electron chi connectivity index (χ0n) is 15.5. The van der Waals surface area contributed by atoms with Crippen LogP contribution >= 0.6 is 0 Å². The maximum absolute atomic E-state index is 11.8. The number of carboxylic acid groups (broad SMARTS) is 1. The SMILES string of the molecule is Cc1cccc(-n2nc(C(=O)O)c(N3CC[C@@H](c4ccccc4)C3)n2)c1C. The summed E-state index contributed by atoms with van der Waals surface area (Å²) in [6.45, 7) is 5.53. The van der Waals surface area contributed by atoms with Crippen molar-refractivity contribution in [1.29, 1.82) is 0 Å². The van der Waals surface area contributed by atoms with Crippen LogP contribution in [0, 0.1) is 13.8 Å². The van der Waals surface area contributed by atoms with E-state index < -0.39 is 5.97 Å². The monoisotopic (exact) mass is 362 g/mol. The van der Waals surface area contributed by atoms with Crippen LogP contribution in [0.2, 0.25) is 0 Å². The normalized spacial score (nSPS) is 16.7. The highest BCUT2D eigenvalue weighted by Crippen LogP contribution is 2.31. The first-order chi connectivity index (χ1) is 13.0. The minimum absolute atomic E-state index is 0.00428. The van der Waals surface area contributed by atoms with E-state index in [1.165, 1.54) is 10.4 Å². The highest BCUT2D eigenvalue weighted by atomic mass is 16.4. The zero-order valence-corrected chi connectivity index (χ0v) is 15.5. The molecular formula is C21H22N4O2. The predicted octanol–water partition coefficient (Wildman–Crippen LogP) is 3.58. The van der Waals surface area contributed by atoms with Crippen LogP contribution in [0.3, 0.4) is 0 Å². The van der Waals surface area contributed by atoms with E-state index in [0.717, 1.165) is 36.3 Å². The molecule has 138 valence electrons. The molecule has 0 saturated carbocycles. The minimum atomic E-state index is -1.05. The molecule has 1 atom stereocenters. The molecule has 0 spiro atoms. The molecule has 1 fully saturated rings. The molecule has 1 N–H and O–H groups in total. The van der Waals surface area contributed by atoms with Crippen molar-refractivity contribution in [3.63, 3.8) is 0 Å². The van der Waals surface area contributed by atoms with Crippen LogP contribution in [-0.2, 0) is 0 Å². The zero-order chi connectivity index (χ0) is 19.0. The quantitative estimate of drug-likeness (QED) is 0.768. The number of carbonyl (C=O) groups is 1. The highest BCUT2D eigenvalue weighted by Gasteiger charge is 2.30. The number of aromatic carboxylic acids is 1. The number of hydrogen-bond acceptors (Lipinski definition) is 4. The Hall–Kier alpha value is -3.15. The lowest BCUT2D eigenvalue weighted by atomic mass is 9.99. The summed E-state index contributed by atoms with van der Waals surface area (Å²) in [5.41, 5.74) is 4.25. The van der Waals surface area contributed by atoms with E-state index in [0.29, 0.717) is 11.7 Å². The van der Waals surface area contributed by atoms with Gasteiger partial charge in [0.25, 0.3) is 0 Å². The van der Waals surface area contributed by atoms with Crippen LogP contribution in [0.1, 0.15) is 39.5 Å². The molecule has 6 heteroatoms. The third kappa shape index (κ3) is 3.18. The molecule has 0 aliphatic carbocycles. The first-order valence-electron chi connectivity index (χ1n) is 9.11. The number of hydrogen-bond donors (Lipinski definition) is 1. The average Bonchev–Trinajstić information content (AvgIpc) is 3.32. The molecule has 0 unspecified atom stereocenters. The molecule has 0 amide bonds. The first kappa shape index (κ1) is 17.3. The second-order valence-electron chi connectivity index (χ2n) is 7.03. The lowest BCUT2D eigenvalue weighted by Crippen LogP contribution is -2.22. The van der Waals surface area contributed by atoms with E-state index in [9.17, 15) is 9.90 Å². The van der Waals surface area contributed by atoms with Gasteiger partial charge in [-0.1, -0.05) is 42.5 Å². The fraction of sp³-hybridized carbons (Fsp3) is 0.286. The number of anilines is 1. The van der Waals surface area contributed by atoms with Crippen LogP contribution in [0.15, 0.2) is 48.5 Å². The Morgan fingerprint density at radius 3 is 2.59 bits per heavy atom. The fourth-order valence-electron chi connectivity index (χ4n) is 3.66. The minimum Gasteiger partial charge on any atom is -0.476 e. The standard InChI is InChI=1S/C21H22N4O2/c1-14-7-6-10-18(15(14)2)25-22-19(21(26)27)20(23-25)24-12-11-17(13-24)16-8-4-3-5-9-16/h3-10,17H,11-13H2,1-2H3,(H,26,27)/t17-/m1/s1. The Labute approximate surface area is 158 Å². The van der Waals surface area contributed by atoms with Crippen molar-refractivity contribution < 1.29 is 9.90 Å². The number of nitrogens with zero attached hydrogens (tertiary/aromatic N) is 4. The molecule has 1 aromatic heterocycles. The lowest BCUT2D eigenvalue weighted by Gasteiger charge is -2.16. The molecule has 6 nitrogen and oxygen atoms in total. The van der Waals surface area contributed by atoms with Gasteiger partial charge in [0.05, 0.1) is 5.69 Å². The van der Waals surface area contributed by atoms with Crippen molar-refractivity contribution in [2.24, 2.45) is 0 Å². The number of carboxylic acids is 1. The summed E-state index contributed by atoms with van der Waals surface area (Å²) in [5, 5.41) is 18.5. The predicted molar refractivity (Wildman–Crippen MR) is 104 cm³/mol. The van der Waals surface area contributed by atoms with Gasteiger partial charge in [0.15, 0.2) is 5.82 Å². The molecule has 1 aliphatic rings. The lowest BCUT2D eigenvalue weighted by molar-refractivity contribution is 0.0690. The molecule has 1 aliphatic heterocycles. The smallest absolute Gasteiger partial charge is 0.360 e. The number of aromatic nitrogens is 3. The number of rotatable bonds is 4. The molecule has 1 saturated heterocycles. The summed E-state index contributed by atoms with van der Waals surface area (Å²) in [7, 11) is 0. The molecule has 2 heterocycles. The molecule has 4 rings (SSSR count). The van der Waals surface area contributed by atoms with Crippen molar-refractivity contribution >= 4 is 11.8 Å². The topological polar surface area (TPSA) is 71.2 Å². The van der Waals surface area contributed by atoms with Gasteiger partial charge >= 0.3 is 5.97 Å². The Kier molecular flexibility index (Phi) is 4.39. The molecule has 0 radical (unpaired) electrons. The number of benzene rings is 2. The number of aryl methyl sites for hydroxylation is 1. The molecular weight excluding hydrogens is 340 g/mol. The van der Waals surface area contributed by atoms with Crippen molar-refractivity contribution in [3.8, 4) is 5.69 Å². The summed E-state index contributed by atoms with van der Waals surface area (Å²) in [6.07, 6.45) is 0.972. The maximum atomic E-state index is 11.8. The Balaban J connectivity index is 1.68. The van der Waals surface area contributed by atoms with E-state index >= 15 is 0 Å². The molecule has 2 aromatic carbocycles.